The van der Waals surface area contributed by atoms with Crippen LogP contribution in [-0.4, -0.2) is 43.8 Å². The smallest absolute Gasteiger partial charge is 0.0718 e. The van der Waals surface area contributed by atoms with Gasteiger partial charge in [-0.3, -0.25) is 0 Å². The molecule has 0 bridgehead atoms. The number of aliphatic hydroxyl groups excluding tert-OH is 2. The Kier molecular flexibility index (Phi) is 11.4. The van der Waals surface area contributed by atoms with Crippen molar-refractivity contribution in [2.24, 2.45) is 0 Å². The number of benzene rings is 1. The molecular weight excluding hydrogens is 208 g/mol. The summed E-state index contributed by atoms with van der Waals surface area (Å²) < 4.78 is 9.56. The third-order valence-corrected chi connectivity index (χ3v) is 1.64. The van der Waals surface area contributed by atoms with Crippen LogP contribution in [0.5, 0.6) is 0 Å². The van der Waals surface area contributed by atoms with Crippen molar-refractivity contribution in [3.05, 3.63) is 35.9 Å². The van der Waals surface area contributed by atoms with E-state index in [4.69, 9.17) is 14.9 Å². The molecule has 92 valence electrons. The van der Waals surface area contributed by atoms with Gasteiger partial charge in [-0.15, -0.1) is 0 Å². The van der Waals surface area contributed by atoms with Crippen LogP contribution in [0.25, 0.3) is 0 Å². The van der Waals surface area contributed by atoms with Crippen LogP contribution in [-0.2, 0) is 16.1 Å². The fourth-order valence-electron chi connectivity index (χ4n) is 0.920. The SMILES string of the molecule is COCCO.OCCOCc1ccccc1. The number of methoxy groups -OCH3 is 1. The van der Waals surface area contributed by atoms with E-state index in [0.717, 1.165) is 5.56 Å². The van der Waals surface area contributed by atoms with E-state index >= 15 is 0 Å². The molecule has 1 aromatic carbocycles. The fourth-order valence-corrected chi connectivity index (χ4v) is 0.920. The van der Waals surface area contributed by atoms with Gasteiger partial charge in [-0.05, 0) is 5.56 Å². The minimum atomic E-state index is 0.0901. The second kappa shape index (κ2) is 12.1. The Bertz CT molecular complexity index is 224. The zero-order valence-corrected chi connectivity index (χ0v) is 9.63. The lowest BCUT2D eigenvalue weighted by Gasteiger charge is -2.00. The molecule has 0 spiro atoms. The summed E-state index contributed by atoms with van der Waals surface area (Å²) in [5, 5.41) is 16.4. The van der Waals surface area contributed by atoms with E-state index in [-0.39, 0.29) is 13.2 Å². The summed E-state index contributed by atoms with van der Waals surface area (Å²) in [7, 11) is 1.55. The fraction of sp³-hybridized carbons (Fsp3) is 0.500. The summed E-state index contributed by atoms with van der Waals surface area (Å²) >= 11 is 0. The van der Waals surface area contributed by atoms with E-state index in [2.05, 4.69) is 4.74 Å². The van der Waals surface area contributed by atoms with E-state index in [0.29, 0.717) is 19.8 Å². The molecule has 0 amide bonds. The van der Waals surface area contributed by atoms with E-state index in [9.17, 15) is 0 Å². The van der Waals surface area contributed by atoms with Gasteiger partial charge in [0.2, 0.25) is 0 Å². The van der Waals surface area contributed by atoms with Crippen LogP contribution >= 0.6 is 0 Å². The molecule has 4 nitrogen and oxygen atoms in total. The van der Waals surface area contributed by atoms with Crippen LogP contribution in [0.2, 0.25) is 0 Å². The number of rotatable bonds is 6. The quantitative estimate of drug-likeness (QED) is 0.708. The molecule has 2 N–H and O–H groups in total. The highest BCUT2D eigenvalue weighted by atomic mass is 16.5. The molecule has 0 aromatic heterocycles. The van der Waals surface area contributed by atoms with Crippen molar-refractivity contribution in [3.8, 4) is 0 Å². The summed E-state index contributed by atoms with van der Waals surface area (Å²) in [6, 6.07) is 9.90. The van der Waals surface area contributed by atoms with Gasteiger partial charge in [-0.2, -0.15) is 0 Å². The molecule has 0 radical (unpaired) electrons. The van der Waals surface area contributed by atoms with Gasteiger partial charge < -0.3 is 19.7 Å². The second-order valence-electron chi connectivity index (χ2n) is 2.98. The highest BCUT2D eigenvalue weighted by molar-refractivity contribution is 5.13. The highest BCUT2D eigenvalue weighted by Gasteiger charge is 1.88. The molecule has 0 atom stereocenters. The minimum Gasteiger partial charge on any atom is -0.394 e. The van der Waals surface area contributed by atoms with Crippen LogP contribution in [0.4, 0.5) is 0 Å². The second-order valence-corrected chi connectivity index (χ2v) is 2.98. The van der Waals surface area contributed by atoms with Gasteiger partial charge in [-0.1, -0.05) is 30.3 Å². The highest BCUT2D eigenvalue weighted by Crippen LogP contribution is 1.99. The van der Waals surface area contributed by atoms with Crippen molar-refractivity contribution in [2.75, 3.05) is 33.5 Å². The molecule has 0 aliphatic heterocycles. The predicted molar refractivity (Wildman–Crippen MR) is 62.1 cm³/mol. The average molecular weight is 228 g/mol. The first-order valence-corrected chi connectivity index (χ1v) is 5.17. The number of ether oxygens (including phenoxy) is 2. The van der Waals surface area contributed by atoms with Crippen LogP contribution in [0.3, 0.4) is 0 Å². The molecule has 0 unspecified atom stereocenters. The molecular formula is C12H20O4. The maximum Gasteiger partial charge on any atom is 0.0718 e. The summed E-state index contributed by atoms with van der Waals surface area (Å²) in [5.74, 6) is 0. The Balaban J connectivity index is 0.000000385. The van der Waals surface area contributed by atoms with E-state index in [1.165, 1.54) is 0 Å². The lowest BCUT2D eigenvalue weighted by Crippen LogP contribution is -1.98. The molecule has 0 aliphatic carbocycles. The first kappa shape index (κ1) is 15.1. The van der Waals surface area contributed by atoms with Crippen molar-refractivity contribution in [1.29, 1.82) is 0 Å². The molecule has 0 saturated heterocycles. The van der Waals surface area contributed by atoms with Crippen LogP contribution in [0.15, 0.2) is 30.3 Å². The standard InChI is InChI=1S/C9H12O2.C3H8O2/c10-6-7-11-8-9-4-2-1-3-5-9;1-5-3-2-4/h1-5,10H,6-8H2;4H,2-3H2,1H3. The van der Waals surface area contributed by atoms with Gasteiger partial charge in [0.25, 0.3) is 0 Å². The zero-order chi connectivity index (χ0) is 12.1. The Labute approximate surface area is 96.4 Å². The molecule has 0 heterocycles. The van der Waals surface area contributed by atoms with Gasteiger partial charge in [0.05, 0.1) is 33.0 Å². The van der Waals surface area contributed by atoms with E-state index in [1.54, 1.807) is 7.11 Å². The van der Waals surface area contributed by atoms with Gasteiger partial charge in [0, 0.05) is 7.11 Å². The topological polar surface area (TPSA) is 58.9 Å². The number of hydrogen-bond acceptors (Lipinski definition) is 4. The summed E-state index contributed by atoms with van der Waals surface area (Å²) in [4.78, 5) is 0. The van der Waals surface area contributed by atoms with Crippen molar-refractivity contribution in [2.45, 2.75) is 6.61 Å². The number of aliphatic hydroxyl groups is 2. The number of hydrogen-bond donors (Lipinski definition) is 2. The minimum absolute atomic E-state index is 0.0901. The van der Waals surface area contributed by atoms with Gasteiger partial charge in [0.15, 0.2) is 0 Å². The van der Waals surface area contributed by atoms with E-state index in [1.807, 2.05) is 30.3 Å². The normalized spacial score (nSPS) is 9.44. The molecule has 1 aromatic rings. The lowest BCUT2D eigenvalue weighted by atomic mass is 10.2. The van der Waals surface area contributed by atoms with Crippen LogP contribution < -0.4 is 0 Å². The van der Waals surface area contributed by atoms with Crippen molar-refractivity contribution >= 4 is 0 Å². The van der Waals surface area contributed by atoms with Crippen molar-refractivity contribution in [3.63, 3.8) is 0 Å². The van der Waals surface area contributed by atoms with Crippen molar-refractivity contribution in [1.82, 2.24) is 0 Å². The maximum absolute atomic E-state index is 8.42. The van der Waals surface area contributed by atoms with E-state index < -0.39 is 0 Å². The van der Waals surface area contributed by atoms with Gasteiger partial charge in [0.1, 0.15) is 0 Å². The molecule has 0 fully saturated rings. The first-order valence-electron chi connectivity index (χ1n) is 5.17. The third-order valence-electron chi connectivity index (χ3n) is 1.64. The Morgan fingerprint density at radius 3 is 2.06 bits per heavy atom. The summed E-state index contributed by atoms with van der Waals surface area (Å²) in [5.41, 5.74) is 1.14. The zero-order valence-electron chi connectivity index (χ0n) is 9.63. The van der Waals surface area contributed by atoms with Crippen LogP contribution in [0, 0.1) is 0 Å². The molecule has 16 heavy (non-hydrogen) atoms. The third kappa shape index (κ3) is 9.61. The largest absolute Gasteiger partial charge is 0.394 e. The average Bonchev–Trinajstić information content (AvgIpc) is 2.33. The Hall–Kier alpha value is -0.940. The van der Waals surface area contributed by atoms with Gasteiger partial charge >= 0.3 is 0 Å². The summed E-state index contributed by atoms with van der Waals surface area (Å²) in [6.07, 6.45) is 0. The van der Waals surface area contributed by atoms with Gasteiger partial charge in [-0.25, -0.2) is 0 Å². The lowest BCUT2D eigenvalue weighted by molar-refractivity contribution is 0.0815. The predicted octanol–water partition coefficient (Wildman–Crippen LogP) is 0.821. The Morgan fingerprint density at radius 1 is 1.00 bits per heavy atom. The monoisotopic (exact) mass is 228 g/mol. The molecule has 0 saturated carbocycles. The van der Waals surface area contributed by atoms with Crippen LogP contribution in [0.1, 0.15) is 5.56 Å². The Morgan fingerprint density at radius 2 is 1.62 bits per heavy atom. The molecule has 1 rings (SSSR count). The molecule has 0 aliphatic rings. The van der Waals surface area contributed by atoms with Crippen molar-refractivity contribution < 1.29 is 19.7 Å². The maximum atomic E-state index is 8.42. The molecule has 4 heteroatoms. The summed E-state index contributed by atoms with van der Waals surface area (Å²) in [6.45, 7) is 1.65. The first-order chi connectivity index (χ1) is 7.85.